The van der Waals surface area contributed by atoms with Gasteiger partial charge in [0.05, 0.1) is 16.6 Å². The number of alkyl halides is 3. The van der Waals surface area contributed by atoms with Crippen molar-refractivity contribution in [1.82, 2.24) is 0 Å². The van der Waals surface area contributed by atoms with Gasteiger partial charge in [-0.2, -0.15) is 13.2 Å². The fourth-order valence-corrected chi connectivity index (χ4v) is 2.36. The van der Waals surface area contributed by atoms with Crippen molar-refractivity contribution in [1.29, 1.82) is 0 Å². The average molecular weight is 303 g/mol. The second-order valence-corrected chi connectivity index (χ2v) is 6.29. The maximum Gasteiger partial charge on any atom is 0.417 e. The molecule has 0 aliphatic rings. The first-order valence-corrected chi connectivity index (χ1v) is 7.15. The predicted molar refractivity (Wildman–Crippen MR) is 60.2 cm³/mol. The SMILES string of the molecule is CC(C)Oc1ccc(S(=O)(=O)Cl)c(C(F)(F)F)c1. The summed E-state index contributed by atoms with van der Waals surface area (Å²) in [6.07, 6.45) is -5.15. The number of hydrogen-bond acceptors (Lipinski definition) is 3. The van der Waals surface area contributed by atoms with Crippen molar-refractivity contribution in [2.45, 2.75) is 31.0 Å². The van der Waals surface area contributed by atoms with E-state index in [4.69, 9.17) is 15.4 Å². The molecule has 1 rings (SSSR count). The van der Waals surface area contributed by atoms with E-state index >= 15 is 0 Å². The van der Waals surface area contributed by atoms with Crippen LogP contribution >= 0.6 is 10.7 Å². The summed E-state index contributed by atoms with van der Waals surface area (Å²) >= 11 is 0. The summed E-state index contributed by atoms with van der Waals surface area (Å²) in [6, 6.07) is 2.53. The number of rotatable bonds is 3. The van der Waals surface area contributed by atoms with Gasteiger partial charge in [0.15, 0.2) is 0 Å². The molecule has 0 heterocycles. The highest BCUT2D eigenvalue weighted by molar-refractivity contribution is 8.13. The number of benzene rings is 1. The van der Waals surface area contributed by atoms with E-state index in [2.05, 4.69) is 0 Å². The smallest absolute Gasteiger partial charge is 0.417 e. The van der Waals surface area contributed by atoms with E-state index in [0.717, 1.165) is 12.1 Å². The molecule has 0 unspecified atom stereocenters. The lowest BCUT2D eigenvalue weighted by Crippen LogP contribution is -2.12. The first-order chi connectivity index (χ1) is 8.01. The molecule has 0 spiro atoms. The second-order valence-electron chi connectivity index (χ2n) is 3.76. The zero-order valence-corrected chi connectivity index (χ0v) is 11.0. The van der Waals surface area contributed by atoms with E-state index in [1.54, 1.807) is 13.8 Å². The quantitative estimate of drug-likeness (QED) is 0.804. The van der Waals surface area contributed by atoms with E-state index < -0.39 is 25.7 Å². The van der Waals surface area contributed by atoms with E-state index in [9.17, 15) is 21.6 Å². The maximum atomic E-state index is 12.7. The van der Waals surface area contributed by atoms with Crippen molar-refractivity contribution in [3.63, 3.8) is 0 Å². The molecule has 0 aromatic heterocycles. The fourth-order valence-electron chi connectivity index (χ4n) is 1.29. The Morgan fingerprint density at radius 1 is 1.28 bits per heavy atom. The van der Waals surface area contributed by atoms with Crippen LogP contribution in [-0.2, 0) is 15.2 Å². The van der Waals surface area contributed by atoms with Crippen LogP contribution in [0.3, 0.4) is 0 Å². The zero-order valence-electron chi connectivity index (χ0n) is 9.45. The van der Waals surface area contributed by atoms with Crippen LogP contribution in [0.2, 0.25) is 0 Å². The summed E-state index contributed by atoms with van der Waals surface area (Å²) < 4.78 is 65.3. The van der Waals surface area contributed by atoms with Crippen LogP contribution in [-0.4, -0.2) is 14.5 Å². The molecule has 0 aliphatic heterocycles. The Kier molecular flexibility index (Phi) is 4.17. The van der Waals surface area contributed by atoms with E-state index in [-0.39, 0.29) is 11.9 Å². The summed E-state index contributed by atoms with van der Waals surface area (Å²) in [5.74, 6) is -0.0682. The lowest BCUT2D eigenvalue weighted by Gasteiger charge is -2.14. The Bertz CT molecular complexity index is 538. The van der Waals surface area contributed by atoms with Gasteiger partial charge in [-0.05, 0) is 32.0 Å². The molecular formula is C10H10ClF3O3S. The summed E-state index contributed by atoms with van der Waals surface area (Å²) in [7, 11) is 0.494. The highest BCUT2D eigenvalue weighted by atomic mass is 35.7. The Morgan fingerprint density at radius 2 is 1.83 bits per heavy atom. The first kappa shape index (κ1) is 15.1. The minimum Gasteiger partial charge on any atom is -0.491 e. The van der Waals surface area contributed by atoms with Gasteiger partial charge >= 0.3 is 6.18 Å². The van der Waals surface area contributed by atoms with Gasteiger partial charge in [0, 0.05) is 10.7 Å². The van der Waals surface area contributed by atoms with E-state index in [1.807, 2.05) is 0 Å². The van der Waals surface area contributed by atoms with Crippen LogP contribution in [0.15, 0.2) is 23.1 Å². The van der Waals surface area contributed by atoms with Crippen LogP contribution in [0.4, 0.5) is 13.2 Å². The van der Waals surface area contributed by atoms with Gasteiger partial charge in [-0.15, -0.1) is 0 Å². The predicted octanol–water partition coefficient (Wildman–Crippen LogP) is 3.42. The summed E-state index contributed by atoms with van der Waals surface area (Å²) in [5.41, 5.74) is -1.34. The minimum absolute atomic E-state index is 0.0682. The van der Waals surface area contributed by atoms with Crippen LogP contribution in [0, 0.1) is 0 Å². The first-order valence-electron chi connectivity index (χ1n) is 4.84. The molecular weight excluding hydrogens is 293 g/mol. The number of ether oxygens (including phenoxy) is 1. The molecule has 0 saturated carbocycles. The van der Waals surface area contributed by atoms with Gasteiger partial charge in [-0.1, -0.05) is 0 Å². The monoisotopic (exact) mass is 302 g/mol. The van der Waals surface area contributed by atoms with Crippen molar-refractivity contribution in [2.24, 2.45) is 0 Å². The molecule has 3 nitrogen and oxygen atoms in total. The van der Waals surface area contributed by atoms with Gasteiger partial charge in [0.2, 0.25) is 0 Å². The van der Waals surface area contributed by atoms with E-state index in [1.165, 1.54) is 0 Å². The van der Waals surface area contributed by atoms with Crippen molar-refractivity contribution in [2.75, 3.05) is 0 Å². The molecule has 18 heavy (non-hydrogen) atoms. The van der Waals surface area contributed by atoms with Gasteiger partial charge in [-0.25, -0.2) is 8.42 Å². The minimum atomic E-state index is -4.83. The average Bonchev–Trinajstić information content (AvgIpc) is 2.13. The Balaban J connectivity index is 3.40. The van der Waals surface area contributed by atoms with Crippen molar-refractivity contribution in [3.05, 3.63) is 23.8 Å². The number of hydrogen-bond donors (Lipinski definition) is 0. The highest BCUT2D eigenvalue weighted by Gasteiger charge is 2.37. The molecule has 8 heteroatoms. The largest absolute Gasteiger partial charge is 0.491 e. The lowest BCUT2D eigenvalue weighted by molar-refractivity contribution is -0.140. The van der Waals surface area contributed by atoms with Gasteiger partial charge in [-0.3, -0.25) is 0 Å². The normalized spacial score (nSPS) is 12.8. The topological polar surface area (TPSA) is 43.4 Å². The van der Waals surface area contributed by atoms with Crippen LogP contribution < -0.4 is 4.74 Å². The second kappa shape index (κ2) is 4.97. The van der Waals surface area contributed by atoms with Crippen LogP contribution in [0.5, 0.6) is 5.75 Å². The zero-order chi connectivity index (χ0) is 14.1. The van der Waals surface area contributed by atoms with E-state index in [0.29, 0.717) is 6.07 Å². The Labute approximate surface area is 107 Å². The Hall–Kier alpha value is -0.950. The van der Waals surface area contributed by atoms with Crippen LogP contribution in [0.25, 0.3) is 0 Å². The highest BCUT2D eigenvalue weighted by Crippen LogP contribution is 2.37. The molecule has 102 valence electrons. The third kappa shape index (κ3) is 3.78. The van der Waals surface area contributed by atoms with Crippen LogP contribution in [0.1, 0.15) is 19.4 Å². The summed E-state index contributed by atoms with van der Waals surface area (Å²) in [4.78, 5) is -0.979. The molecule has 1 aromatic rings. The number of halogens is 4. The molecule has 0 atom stereocenters. The molecule has 0 radical (unpaired) electrons. The molecule has 0 amide bonds. The molecule has 1 aromatic carbocycles. The van der Waals surface area contributed by atoms with Crippen molar-refractivity contribution in [3.8, 4) is 5.75 Å². The van der Waals surface area contributed by atoms with Gasteiger partial charge in [0.25, 0.3) is 9.05 Å². The Morgan fingerprint density at radius 3 is 2.22 bits per heavy atom. The third-order valence-electron chi connectivity index (χ3n) is 1.89. The molecule has 0 fully saturated rings. The maximum absolute atomic E-state index is 12.7. The molecule has 0 saturated heterocycles. The van der Waals surface area contributed by atoms with Crippen molar-refractivity contribution >= 4 is 19.7 Å². The third-order valence-corrected chi connectivity index (χ3v) is 3.27. The molecule has 0 bridgehead atoms. The summed E-state index contributed by atoms with van der Waals surface area (Å²) in [5, 5.41) is 0. The standard InChI is InChI=1S/C10H10ClF3O3S/c1-6(2)17-7-3-4-9(18(11,15)16)8(5-7)10(12,13)14/h3-6H,1-2H3. The fraction of sp³-hybridized carbons (Fsp3) is 0.400. The van der Waals surface area contributed by atoms with Crippen molar-refractivity contribution < 1.29 is 26.3 Å². The molecule has 0 aliphatic carbocycles. The molecule has 0 N–H and O–H groups in total. The van der Waals surface area contributed by atoms with Gasteiger partial charge in [0.1, 0.15) is 5.75 Å². The summed E-state index contributed by atoms with van der Waals surface area (Å²) in [6.45, 7) is 3.28. The lowest BCUT2D eigenvalue weighted by atomic mass is 10.2. The van der Waals surface area contributed by atoms with Gasteiger partial charge < -0.3 is 4.74 Å².